The number of amides is 3. The van der Waals surface area contributed by atoms with Gasteiger partial charge < -0.3 is 20.3 Å². The summed E-state index contributed by atoms with van der Waals surface area (Å²) in [5.41, 5.74) is 1.01. The first-order chi connectivity index (χ1) is 14.0. The number of ether oxygens (including phenoxy) is 1. The van der Waals surface area contributed by atoms with Crippen LogP contribution in [0.4, 0.5) is 5.69 Å². The molecule has 2 aromatic rings. The lowest BCUT2D eigenvalue weighted by molar-refractivity contribution is -0.132. The second-order valence-corrected chi connectivity index (χ2v) is 7.10. The standard InChI is InChI=1S/C21H22ClN3O4/c1-23-20(27)14-5-4-6-16(11-14)24-21(28)15-9-10-25(12-15)19(26)13-29-18-8-3-2-7-17(18)22/h2-8,11,15H,9-10,12-13H2,1H3,(H,23,27)(H,24,28). The monoisotopic (exact) mass is 415 g/mol. The third kappa shape index (κ3) is 5.26. The van der Waals surface area contributed by atoms with Crippen molar-refractivity contribution in [1.29, 1.82) is 0 Å². The van der Waals surface area contributed by atoms with E-state index >= 15 is 0 Å². The maximum Gasteiger partial charge on any atom is 0.260 e. The van der Waals surface area contributed by atoms with Gasteiger partial charge in [-0.2, -0.15) is 0 Å². The van der Waals surface area contributed by atoms with Crippen molar-refractivity contribution in [3.63, 3.8) is 0 Å². The molecule has 1 aliphatic rings. The van der Waals surface area contributed by atoms with E-state index in [4.69, 9.17) is 16.3 Å². The van der Waals surface area contributed by atoms with Crippen LogP contribution in [0.2, 0.25) is 5.02 Å². The Kier molecular flexibility index (Phi) is 6.72. The van der Waals surface area contributed by atoms with Crippen LogP contribution in [0, 0.1) is 5.92 Å². The fourth-order valence-electron chi connectivity index (χ4n) is 3.12. The maximum absolute atomic E-state index is 12.6. The van der Waals surface area contributed by atoms with Crippen molar-refractivity contribution in [2.75, 3.05) is 32.1 Å². The number of anilines is 1. The van der Waals surface area contributed by atoms with Crippen LogP contribution in [0.5, 0.6) is 5.75 Å². The molecule has 1 aliphatic heterocycles. The van der Waals surface area contributed by atoms with E-state index in [2.05, 4.69) is 10.6 Å². The molecular weight excluding hydrogens is 394 g/mol. The van der Waals surface area contributed by atoms with E-state index < -0.39 is 0 Å². The highest BCUT2D eigenvalue weighted by atomic mass is 35.5. The van der Waals surface area contributed by atoms with E-state index in [0.717, 1.165) is 0 Å². The molecule has 0 aromatic heterocycles. The third-order valence-electron chi connectivity index (χ3n) is 4.72. The summed E-state index contributed by atoms with van der Waals surface area (Å²) < 4.78 is 5.49. The lowest BCUT2D eigenvalue weighted by Crippen LogP contribution is -2.34. The van der Waals surface area contributed by atoms with Gasteiger partial charge in [0, 0.05) is 31.4 Å². The average Bonchev–Trinajstić information content (AvgIpc) is 3.23. The summed E-state index contributed by atoms with van der Waals surface area (Å²) in [6.07, 6.45) is 0.568. The zero-order chi connectivity index (χ0) is 20.8. The molecule has 1 unspecified atom stereocenters. The van der Waals surface area contributed by atoms with Crippen molar-refractivity contribution < 1.29 is 19.1 Å². The van der Waals surface area contributed by atoms with Crippen molar-refractivity contribution >= 4 is 35.0 Å². The number of nitrogens with one attached hydrogen (secondary N) is 2. The van der Waals surface area contributed by atoms with Crippen molar-refractivity contribution in [2.45, 2.75) is 6.42 Å². The van der Waals surface area contributed by atoms with Crippen molar-refractivity contribution in [3.05, 3.63) is 59.1 Å². The number of likely N-dealkylation sites (tertiary alicyclic amines) is 1. The van der Waals surface area contributed by atoms with Crippen LogP contribution in [-0.4, -0.2) is 49.4 Å². The molecule has 0 bridgehead atoms. The van der Waals surface area contributed by atoms with E-state index in [-0.39, 0.29) is 30.2 Å². The van der Waals surface area contributed by atoms with Gasteiger partial charge in [-0.15, -0.1) is 0 Å². The summed E-state index contributed by atoms with van der Waals surface area (Å²) in [6, 6.07) is 13.7. The quantitative estimate of drug-likeness (QED) is 0.759. The van der Waals surface area contributed by atoms with Crippen LogP contribution in [0.3, 0.4) is 0 Å². The molecule has 1 saturated heterocycles. The van der Waals surface area contributed by atoms with Crippen LogP contribution in [0.15, 0.2) is 48.5 Å². The number of para-hydroxylation sites is 1. The Morgan fingerprint density at radius 1 is 1.17 bits per heavy atom. The summed E-state index contributed by atoms with van der Waals surface area (Å²) in [5.74, 6) is -0.463. The van der Waals surface area contributed by atoms with Gasteiger partial charge in [0.1, 0.15) is 5.75 Å². The Morgan fingerprint density at radius 3 is 2.72 bits per heavy atom. The minimum atomic E-state index is -0.317. The maximum atomic E-state index is 12.6. The summed E-state index contributed by atoms with van der Waals surface area (Å²) in [4.78, 5) is 38.3. The Bertz CT molecular complexity index is 918. The normalized spacial score (nSPS) is 15.7. The van der Waals surface area contributed by atoms with Gasteiger partial charge >= 0.3 is 0 Å². The topological polar surface area (TPSA) is 87.7 Å². The zero-order valence-corrected chi connectivity index (χ0v) is 16.7. The molecule has 1 atom stereocenters. The van der Waals surface area contributed by atoms with Gasteiger partial charge in [-0.1, -0.05) is 29.8 Å². The molecule has 29 heavy (non-hydrogen) atoms. The number of hydrogen-bond donors (Lipinski definition) is 2. The predicted octanol–water partition coefficient (Wildman–Crippen LogP) is 2.57. The van der Waals surface area contributed by atoms with Gasteiger partial charge in [0.2, 0.25) is 5.91 Å². The molecule has 1 heterocycles. The molecule has 8 heteroatoms. The Balaban J connectivity index is 1.52. The Morgan fingerprint density at radius 2 is 1.97 bits per heavy atom. The van der Waals surface area contributed by atoms with Gasteiger partial charge in [0.15, 0.2) is 6.61 Å². The first-order valence-electron chi connectivity index (χ1n) is 9.26. The van der Waals surface area contributed by atoms with Crippen molar-refractivity contribution in [3.8, 4) is 5.75 Å². The number of nitrogens with zero attached hydrogens (tertiary/aromatic N) is 1. The fourth-order valence-corrected chi connectivity index (χ4v) is 3.31. The third-order valence-corrected chi connectivity index (χ3v) is 5.03. The highest BCUT2D eigenvalue weighted by molar-refractivity contribution is 6.32. The van der Waals surface area contributed by atoms with Crippen LogP contribution in [0.1, 0.15) is 16.8 Å². The smallest absolute Gasteiger partial charge is 0.260 e. The van der Waals surface area contributed by atoms with Crippen LogP contribution >= 0.6 is 11.6 Å². The molecule has 2 N–H and O–H groups in total. The predicted molar refractivity (Wildman–Crippen MR) is 110 cm³/mol. The van der Waals surface area contributed by atoms with E-state index in [0.29, 0.717) is 41.5 Å². The molecule has 0 saturated carbocycles. The minimum absolute atomic E-state index is 0.133. The van der Waals surface area contributed by atoms with E-state index in [9.17, 15) is 14.4 Å². The fraction of sp³-hybridized carbons (Fsp3) is 0.286. The molecule has 2 aromatic carbocycles. The number of rotatable bonds is 6. The number of carbonyl (C=O) groups excluding carboxylic acids is 3. The summed E-state index contributed by atoms with van der Waals surface area (Å²) >= 11 is 6.02. The van der Waals surface area contributed by atoms with E-state index in [1.54, 1.807) is 60.5 Å². The molecule has 1 fully saturated rings. The van der Waals surface area contributed by atoms with E-state index in [1.807, 2.05) is 0 Å². The molecule has 3 amide bonds. The lowest BCUT2D eigenvalue weighted by atomic mass is 10.1. The molecule has 0 radical (unpaired) electrons. The van der Waals surface area contributed by atoms with Crippen LogP contribution < -0.4 is 15.4 Å². The van der Waals surface area contributed by atoms with Gasteiger partial charge in [-0.3, -0.25) is 14.4 Å². The largest absolute Gasteiger partial charge is 0.482 e. The summed E-state index contributed by atoms with van der Waals surface area (Å²) in [6.45, 7) is 0.680. The Labute approximate surface area is 174 Å². The average molecular weight is 416 g/mol. The highest BCUT2D eigenvalue weighted by Crippen LogP contribution is 2.24. The van der Waals surface area contributed by atoms with E-state index in [1.165, 1.54) is 0 Å². The molecule has 7 nitrogen and oxygen atoms in total. The highest BCUT2D eigenvalue weighted by Gasteiger charge is 2.31. The molecule has 152 valence electrons. The van der Waals surface area contributed by atoms with Gasteiger partial charge in [-0.05, 0) is 36.8 Å². The number of carbonyl (C=O) groups is 3. The number of hydrogen-bond acceptors (Lipinski definition) is 4. The Hall–Kier alpha value is -3.06. The SMILES string of the molecule is CNC(=O)c1cccc(NC(=O)C2CCN(C(=O)COc3ccccc3Cl)C2)c1. The minimum Gasteiger partial charge on any atom is -0.482 e. The molecule has 0 spiro atoms. The summed E-state index contributed by atoms with van der Waals surface area (Å²) in [5, 5.41) is 5.81. The zero-order valence-electron chi connectivity index (χ0n) is 16.0. The second-order valence-electron chi connectivity index (χ2n) is 6.69. The van der Waals surface area contributed by atoms with Gasteiger partial charge in [0.05, 0.1) is 10.9 Å². The van der Waals surface area contributed by atoms with Crippen LogP contribution in [0.25, 0.3) is 0 Å². The molecule has 0 aliphatic carbocycles. The van der Waals surface area contributed by atoms with Crippen LogP contribution in [-0.2, 0) is 9.59 Å². The van der Waals surface area contributed by atoms with Crippen molar-refractivity contribution in [2.24, 2.45) is 5.92 Å². The molecular formula is C21H22ClN3O4. The number of halogens is 1. The van der Waals surface area contributed by atoms with Gasteiger partial charge in [0.25, 0.3) is 11.8 Å². The molecule has 3 rings (SSSR count). The summed E-state index contributed by atoms with van der Waals surface area (Å²) in [7, 11) is 1.55. The number of benzene rings is 2. The van der Waals surface area contributed by atoms with Gasteiger partial charge in [-0.25, -0.2) is 0 Å². The second kappa shape index (κ2) is 9.43. The first kappa shape index (κ1) is 20.7. The first-order valence-corrected chi connectivity index (χ1v) is 9.64. The lowest BCUT2D eigenvalue weighted by Gasteiger charge is -2.17. The van der Waals surface area contributed by atoms with Crippen molar-refractivity contribution in [1.82, 2.24) is 10.2 Å².